The molecule has 0 radical (unpaired) electrons. The first-order chi connectivity index (χ1) is 12.3. The van der Waals surface area contributed by atoms with Crippen LogP contribution in [0.1, 0.15) is 16.7 Å². The minimum Gasteiger partial charge on any atom is -0.322 e. The molecule has 3 N–H and O–H groups in total. The van der Waals surface area contributed by atoms with Crippen molar-refractivity contribution in [3.63, 3.8) is 0 Å². The summed E-state index contributed by atoms with van der Waals surface area (Å²) in [7, 11) is 1.81. The fourth-order valence-electron chi connectivity index (χ4n) is 2.61. The van der Waals surface area contributed by atoms with Crippen molar-refractivity contribution in [1.82, 2.24) is 0 Å². The van der Waals surface area contributed by atoms with Crippen LogP contribution in [-0.4, -0.2) is 32.0 Å². The number of likely N-dealkylation sites (N-methyl/N-ethyl adjacent to an activating group) is 1. The molecule has 0 saturated heterocycles. The molecule has 0 saturated carbocycles. The van der Waals surface area contributed by atoms with Crippen LogP contribution < -0.4 is 15.5 Å². The average Bonchev–Trinajstić information content (AvgIpc) is 2.55. The first-order valence-corrected chi connectivity index (χ1v) is 8.87. The van der Waals surface area contributed by atoms with Crippen molar-refractivity contribution in [1.29, 1.82) is 0 Å². The van der Waals surface area contributed by atoms with E-state index in [1.54, 1.807) is 12.1 Å². The van der Waals surface area contributed by atoms with Gasteiger partial charge in [-0.2, -0.15) is 0 Å². The molecular weight excluding hydrogens is 350 g/mol. The maximum Gasteiger partial charge on any atom is 0.279 e. The Morgan fingerprint density at radius 3 is 2.19 bits per heavy atom. The first kappa shape index (κ1) is 19.9. The Bertz CT molecular complexity index is 803. The van der Waals surface area contributed by atoms with E-state index in [1.807, 2.05) is 52.1 Å². The van der Waals surface area contributed by atoms with E-state index in [-0.39, 0.29) is 24.9 Å². The van der Waals surface area contributed by atoms with Crippen molar-refractivity contribution in [3.05, 3.63) is 58.1 Å². The number of aryl methyl sites for hydroxylation is 2. The van der Waals surface area contributed by atoms with Crippen molar-refractivity contribution in [3.8, 4) is 0 Å². The van der Waals surface area contributed by atoms with Crippen molar-refractivity contribution in [2.24, 2.45) is 0 Å². The van der Waals surface area contributed by atoms with Gasteiger partial charge in [0, 0.05) is 16.4 Å². The highest BCUT2D eigenvalue weighted by atomic mass is 35.5. The molecule has 138 valence electrons. The third kappa shape index (κ3) is 5.58. The largest absolute Gasteiger partial charge is 0.322 e. The fourth-order valence-corrected chi connectivity index (χ4v) is 2.79. The summed E-state index contributed by atoms with van der Waals surface area (Å²) >= 11 is 5.97. The number of quaternary nitrogens is 1. The predicted octanol–water partition coefficient (Wildman–Crippen LogP) is 2.36. The SMILES string of the molecule is Cc1ccc(Cl)cc1NC(=O)C[NH+](C)CC(=O)Nc1cccc(C)c1C. The molecule has 0 aliphatic rings. The van der Waals surface area contributed by atoms with Gasteiger partial charge in [0.05, 0.1) is 7.05 Å². The van der Waals surface area contributed by atoms with Crippen LogP contribution >= 0.6 is 11.6 Å². The number of nitrogens with one attached hydrogen (secondary N) is 3. The Balaban J connectivity index is 1.88. The van der Waals surface area contributed by atoms with Crippen LogP contribution in [0, 0.1) is 20.8 Å². The van der Waals surface area contributed by atoms with Crippen molar-refractivity contribution < 1.29 is 14.5 Å². The van der Waals surface area contributed by atoms with Crippen LogP contribution in [-0.2, 0) is 9.59 Å². The van der Waals surface area contributed by atoms with E-state index in [9.17, 15) is 9.59 Å². The Morgan fingerprint density at radius 2 is 1.54 bits per heavy atom. The summed E-state index contributed by atoms with van der Waals surface area (Å²) in [6.45, 7) is 6.27. The molecule has 0 aliphatic heterocycles. The van der Waals surface area contributed by atoms with Gasteiger partial charge in [0.15, 0.2) is 13.1 Å². The van der Waals surface area contributed by atoms with E-state index in [0.717, 1.165) is 27.3 Å². The molecule has 5 nitrogen and oxygen atoms in total. The molecule has 0 aromatic heterocycles. The molecule has 0 spiro atoms. The second-order valence-corrected chi connectivity index (χ2v) is 7.05. The van der Waals surface area contributed by atoms with Crippen molar-refractivity contribution in [2.45, 2.75) is 20.8 Å². The summed E-state index contributed by atoms with van der Waals surface area (Å²) in [4.78, 5) is 25.3. The van der Waals surface area contributed by atoms with Gasteiger partial charge in [0.25, 0.3) is 11.8 Å². The molecule has 0 fully saturated rings. The Morgan fingerprint density at radius 1 is 0.923 bits per heavy atom. The minimum absolute atomic E-state index is 0.122. The Kier molecular flexibility index (Phi) is 6.77. The van der Waals surface area contributed by atoms with E-state index < -0.39 is 0 Å². The van der Waals surface area contributed by atoms with Gasteiger partial charge in [-0.3, -0.25) is 9.59 Å². The Hall–Kier alpha value is -2.37. The molecule has 2 aromatic carbocycles. The lowest BCUT2D eigenvalue weighted by atomic mass is 10.1. The zero-order valence-corrected chi connectivity index (χ0v) is 16.3. The zero-order chi connectivity index (χ0) is 19.3. The fraction of sp³-hybridized carbons (Fsp3) is 0.300. The third-order valence-corrected chi connectivity index (χ3v) is 4.51. The number of anilines is 2. The van der Waals surface area contributed by atoms with Gasteiger partial charge < -0.3 is 15.5 Å². The number of benzene rings is 2. The maximum atomic E-state index is 12.2. The molecule has 1 unspecified atom stereocenters. The molecule has 26 heavy (non-hydrogen) atoms. The molecule has 2 amide bonds. The van der Waals surface area contributed by atoms with Gasteiger partial charge in [-0.15, -0.1) is 0 Å². The maximum absolute atomic E-state index is 12.2. The van der Waals surface area contributed by atoms with Gasteiger partial charge >= 0.3 is 0 Å². The molecular formula is C20H25ClN3O2+. The highest BCUT2D eigenvalue weighted by molar-refractivity contribution is 6.31. The third-order valence-electron chi connectivity index (χ3n) is 4.28. The number of carbonyl (C=O) groups excluding carboxylic acids is 2. The molecule has 6 heteroatoms. The Labute approximate surface area is 159 Å². The topological polar surface area (TPSA) is 62.6 Å². The second-order valence-electron chi connectivity index (χ2n) is 6.61. The van der Waals surface area contributed by atoms with E-state index in [4.69, 9.17) is 11.6 Å². The molecule has 2 rings (SSSR count). The van der Waals surface area contributed by atoms with Crippen molar-refractivity contribution in [2.75, 3.05) is 30.8 Å². The minimum atomic E-state index is -0.160. The standard InChI is InChI=1S/C20H24ClN3O2/c1-13-6-5-7-17(15(13)3)22-19(25)11-24(4)12-20(26)23-18-10-16(21)9-8-14(18)2/h5-10H,11-12H2,1-4H3,(H,22,25)(H,23,26)/p+1. The highest BCUT2D eigenvalue weighted by Crippen LogP contribution is 2.20. The first-order valence-electron chi connectivity index (χ1n) is 8.49. The number of hydrogen-bond acceptors (Lipinski definition) is 2. The molecule has 1 atom stereocenters. The number of hydrogen-bond donors (Lipinski definition) is 3. The van der Waals surface area contributed by atoms with Gasteiger partial charge in [-0.1, -0.05) is 29.8 Å². The van der Waals surface area contributed by atoms with Crippen LogP contribution in [0.5, 0.6) is 0 Å². The highest BCUT2D eigenvalue weighted by Gasteiger charge is 2.16. The van der Waals surface area contributed by atoms with Crippen LogP contribution in [0.25, 0.3) is 0 Å². The lowest BCUT2D eigenvalue weighted by Gasteiger charge is -2.15. The summed E-state index contributed by atoms with van der Waals surface area (Å²) in [6.07, 6.45) is 0. The van der Waals surface area contributed by atoms with E-state index in [2.05, 4.69) is 10.6 Å². The normalized spacial score (nSPS) is 11.7. The second kappa shape index (κ2) is 8.83. The smallest absolute Gasteiger partial charge is 0.279 e. The van der Waals surface area contributed by atoms with Gasteiger partial charge in [0.1, 0.15) is 0 Å². The lowest BCUT2D eigenvalue weighted by Crippen LogP contribution is -3.11. The van der Waals surface area contributed by atoms with Gasteiger partial charge in [0.2, 0.25) is 0 Å². The zero-order valence-electron chi connectivity index (χ0n) is 15.6. The van der Waals surface area contributed by atoms with E-state index in [1.165, 1.54) is 0 Å². The van der Waals surface area contributed by atoms with Crippen LogP contribution in [0.4, 0.5) is 11.4 Å². The average molecular weight is 375 g/mol. The molecule has 0 heterocycles. The number of carbonyl (C=O) groups is 2. The quantitative estimate of drug-likeness (QED) is 0.726. The van der Waals surface area contributed by atoms with Crippen LogP contribution in [0.3, 0.4) is 0 Å². The summed E-state index contributed by atoms with van der Waals surface area (Å²) < 4.78 is 0. The summed E-state index contributed by atoms with van der Waals surface area (Å²) in [5.41, 5.74) is 4.61. The summed E-state index contributed by atoms with van der Waals surface area (Å²) in [5, 5.41) is 6.33. The summed E-state index contributed by atoms with van der Waals surface area (Å²) in [6, 6.07) is 11.1. The van der Waals surface area contributed by atoms with E-state index in [0.29, 0.717) is 10.7 Å². The summed E-state index contributed by atoms with van der Waals surface area (Å²) in [5.74, 6) is -0.282. The van der Waals surface area contributed by atoms with E-state index >= 15 is 0 Å². The number of halogens is 1. The van der Waals surface area contributed by atoms with Crippen LogP contribution in [0.15, 0.2) is 36.4 Å². The molecule has 2 aromatic rings. The van der Waals surface area contributed by atoms with Gasteiger partial charge in [-0.05, 0) is 55.7 Å². The predicted molar refractivity (Wildman–Crippen MR) is 106 cm³/mol. The lowest BCUT2D eigenvalue weighted by molar-refractivity contribution is -0.862. The number of amides is 2. The molecule has 0 bridgehead atoms. The number of rotatable bonds is 6. The monoisotopic (exact) mass is 374 g/mol. The molecule has 0 aliphatic carbocycles. The van der Waals surface area contributed by atoms with Crippen molar-refractivity contribution >= 4 is 34.8 Å². The van der Waals surface area contributed by atoms with Gasteiger partial charge in [-0.25, -0.2) is 0 Å². The van der Waals surface area contributed by atoms with Crippen LogP contribution in [0.2, 0.25) is 5.02 Å².